The van der Waals surface area contributed by atoms with Crippen molar-refractivity contribution in [3.63, 3.8) is 0 Å². The van der Waals surface area contributed by atoms with Gasteiger partial charge in [0.25, 0.3) is 0 Å². The summed E-state index contributed by atoms with van der Waals surface area (Å²) in [6.45, 7) is 7.75. The van der Waals surface area contributed by atoms with E-state index in [0.29, 0.717) is 17.9 Å². The summed E-state index contributed by atoms with van der Waals surface area (Å²) in [5, 5.41) is 2.94. The van der Waals surface area contributed by atoms with Crippen LogP contribution >= 0.6 is 15.9 Å². The third-order valence-electron chi connectivity index (χ3n) is 5.42. The van der Waals surface area contributed by atoms with Gasteiger partial charge < -0.3 is 15.0 Å². The number of halogens is 1. The predicted octanol–water partition coefficient (Wildman–Crippen LogP) is 4.34. The van der Waals surface area contributed by atoms with Gasteiger partial charge in [0.1, 0.15) is 11.8 Å². The SMILES string of the molecule is COc1ccc(N(CCCC(=O)N(Cc2cccc(Br)c2)[C@@H](C)C(=O)NC(C)(C)C)S(C)(=O)=O)cc1. The summed E-state index contributed by atoms with van der Waals surface area (Å²) in [6.07, 6.45) is 1.52. The molecule has 36 heavy (non-hydrogen) atoms. The zero-order valence-electron chi connectivity index (χ0n) is 21.7. The highest BCUT2D eigenvalue weighted by atomic mass is 79.9. The van der Waals surface area contributed by atoms with Gasteiger partial charge in [-0.2, -0.15) is 0 Å². The first kappa shape index (κ1) is 29.6. The van der Waals surface area contributed by atoms with Gasteiger partial charge in [0.2, 0.25) is 21.8 Å². The molecule has 198 valence electrons. The van der Waals surface area contributed by atoms with Crippen LogP contribution in [0.15, 0.2) is 53.0 Å². The van der Waals surface area contributed by atoms with Crippen molar-refractivity contribution < 1.29 is 22.7 Å². The first-order valence-electron chi connectivity index (χ1n) is 11.7. The molecule has 1 atom stereocenters. The van der Waals surface area contributed by atoms with Gasteiger partial charge in [-0.3, -0.25) is 13.9 Å². The van der Waals surface area contributed by atoms with Crippen LogP contribution in [0.1, 0.15) is 46.1 Å². The van der Waals surface area contributed by atoms with Crippen molar-refractivity contribution in [3.05, 3.63) is 58.6 Å². The van der Waals surface area contributed by atoms with Gasteiger partial charge in [-0.25, -0.2) is 8.42 Å². The van der Waals surface area contributed by atoms with Crippen molar-refractivity contribution in [1.82, 2.24) is 10.2 Å². The van der Waals surface area contributed by atoms with Crippen molar-refractivity contribution >= 4 is 43.5 Å². The lowest BCUT2D eigenvalue weighted by Gasteiger charge is -2.32. The molecule has 1 N–H and O–H groups in total. The molecule has 0 heterocycles. The van der Waals surface area contributed by atoms with Gasteiger partial charge in [-0.05, 0) is 76.1 Å². The molecule has 0 saturated heterocycles. The Kier molecular flexibility index (Phi) is 10.4. The smallest absolute Gasteiger partial charge is 0.242 e. The van der Waals surface area contributed by atoms with Gasteiger partial charge in [-0.15, -0.1) is 0 Å². The number of rotatable bonds is 11. The first-order valence-corrected chi connectivity index (χ1v) is 14.3. The minimum atomic E-state index is -3.56. The number of carbonyl (C=O) groups is 2. The van der Waals surface area contributed by atoms with Crippen molar-refractivity contribution in [3.8, 4) is 5.75 Å². The Labute approximate surface area is 223 Å². The number of sulfonamides is 1. The van der Waals surface area contributed by atoms with E-state index in [0.717, 1.165) is 16.3 Å². The second-order valence-corrected chi connectivity index (χ2v) is 12.5. The van der Waals surface area contributed by atoms with Crippen molar-refractivity contribution in [1.29, 1.82) is 0 Å². The molecule has 0 aromatic heterocycles. The Bertz CT molecular complexity index is 1150. The number of anilines is 1. The van der Waals surface area contributed by atoms with E-state index < -0.39 is 21.6 Å². The quantitative estimate of drug-likeness (QED) is 0.426. The molecule has 0 radical (unpaired) electrons. The molecule has 2 amide bonds. The number of carbonyl (C=O) groups excluding carboxylic acids is 2. The van der Waals surface area contributed by atoms with Crippen LogP contribution in [-0.4, -0.2) is 56.6 Å². The highest BCUT2D eigenvalue weighted by Crippen LogP contribution is 2.22. The van der Waals surface area contributed by atoms with Crippen LogP contribution in [0.3, 0.4) is 0 Å². The molecule has 8 nitrogen and oxygen atoms in total. The zero-order valence-corrected chi connectivity index (χ0v) is 24.1. The van der Waals surface area contributed by atoms with Crippen molar-refractivity contribution in [2.45, 2.75) is 58.7 Å². The van der Waals surface area contributed by atoms with E-state index in [2.05, 4.69) is 21.2 Å². The molecule has 0 fully saturated rings. The molecule has 2 aromatic carbocycles. The first-order chi connectivity index (χ1) is 16.7. The van der Waals surface area contributed by atoms with E-state index in [-0.39, 0.29) is 31.3 Å². The molecular weight excluding hydrogens is 546 g/mol. The third-order valence-corrected chi connectivity index (χ3v) is 7.11. The maximum atomic E-state index is 13.3. The Morgan fingerprint density at radius 1 is 1.11 bits per heavy atom. The Hall–Kier alpha value is -2.59. The van der Waals surface area contributed by atoms with E-state index in [1.807, 2.05) is 45.0 Å². The van der Waals surface area contributed by atoms with Gasteiger partial charge in [0.15, 0.2) is 0 Å². The second-order valence-electron chi connectivity index (χ2n) is 9.70. The van der Waals surface area contributed by atoms with Gasteiger partial charge in [0, 0.05) is 29.5 Å². The minimum Gasteiger partial charge on any atom is -0.497 e. The van der Waals surface area contributed by atoms with Crippen LogP contribution in [0.5, 0.6) is 5.75 Å². The van der Waals surface area contributed by atoms with Gasteiger partial charge >= 0.3 is 0 Å². The topological polar surface area (TPSA) is 96.0 Å². The fraction of sp³-hybridized carbons (Fsp3) is 0.462. The molecule has 0 aliphatic carbocycles. The van der Waals surface area contributed by atoms with Crippen LogP contribution < -0.4 is 14.4 Å². The lowest BCUT2D eigenvalue weighted by atomic mass is 10.1. The summed E-state index contributed by atoms with van der Waals surface area (Å²) in [4.78, 5) is 27.8. The Balaban J connectivity index is 2.18. The largest absolute Gasteiger partial charge is 0.497 e. The van der Waals surface area contributed by atoms with Gasteiger partial charge in [-0.1, -0.05) is 28.1 Å². The van der Waals surface area contributed by atoms with Crippen LogP contribution in [0.25, 0.3) is 0 Å². The number of methoxy groups -OCH3 is 1. The summed E-state index contributed by atoms with van der Waals surface area (Å²) in [7, 11) is -2.02. The fourth-order valence-electron chi connectivity index (χ4n) is 3.64. The molecule has 0 aliphatic heterocycles. The Morgan fingerprint density at radius 3 is 2.28 bits per heavy atom. The molecule has 10 heteroatoms. The Morgan fingerprint density at radius 2 is 1.75 bits per heavy atom. The highest BCUT2D eigenvalue weighted by Gasteiger charge is 2.28. The molecule has 0 bridgehead atoms. The number of ether oxygens (including phenoxy) is 1. The fourth-order valence-corrected chi connectivity index (χ4v) is 5.05. The standard InChI is InChI=1S/C26H36BrN3O5S/c1-19(25(32)28-26(2,3)4)29(18-20-9-7-10-21(27)17-20)24(31)11-8-16-30(36(6,33)34)22-12-14-23(35-5)15-13-22/h7,9-10,12-15,17,19H,8,11,16,18H2,1-6H3,(H,28,32)/t19-/m0/s1. The van der Waals surface area contributed by atoms with Crippen molar-refractivity contribution in [2.24, 2.45) is 0 Å². The molecule has 2 rings (SSSR count). The van der Waals surface area contributed by atoms with Crippen LogP contribution in [0, 0.1) is 0 Å². The number of nitrogens with zero attached hydrogens (tertiary/aromatic N) is 2. The summed E-state index contributed by atoms with van der Waals surface area (Å²) >= 11 is 3.45. The predicted molar refractivity (Wildman–Crippen MR) is 146 cm³/mol. The molecule has 0 saturated carbocycles. The van der Waals surface area contributed by atoms with E-state index in [1.165, 1.54) is 11.4 Å². The normalized spacial score (nSPS) is 12.5. The van der Waals surface area contributed by atoms with Gasteiger partial charge in [0.05, 0.1) is 19.1 Å². The number of benzene rings is 2. The molecule has 0 unspecified atom stereocenters. The maximum Gasteiger partial charge on any atom is 0.242 e. The third kappa shape index (κ3) is 9.13. The monoisotopic (exact) mass is 581 g/mol. The zero-order chi connectivity index (χ0) is 27.1. The molecule has 0 aliphatic rings. The van der Waals surface area contributed by atoms with E-state index >= 15 is 0 Å². The van der Waals surface area contributed by atoms with E-state index in [4.69, 9.17) is 4.74 Å². The summed E-state index contributed by atoms with van der Waals surface area (Å²) < 4.78 is 32.2. The van der Waals surface area contributed by atoms with Crippen LogP contribution in [0.4, 0.5) is 5.69 Å². The number of hydrogen-bond acceptors (Lipinski definition) is 5. The average molecular weight is 583 g/mol. The van der Waals surface area contributed by atoms with Crippen molar-refractivity contribution in [2.75, 3.05) is 24.2 Å². The van der Waals surface area contributed by atoms with E-state index in [9.17, 15) is 18.0 Å². The summed E-state index contributed by atoms with van der Waals surface area (Å²) in [6, 6.07) is 13.6. The minimum absolute atomic E-state index is 0.0866. The van der Waals surface area contributed by atoms with Crippen LogP contribution in [0.2, 0.25) is 0 Å². The molecular formula is C26H36BrN3O5S. The highest BCUT2D eigenvalue weighted by molar-refractivity contribution is 9.10. The number of nitrogens with one attached hydrogen (secondary N) is 1. The summed E-state index contributed by atoms with van der Waals surface area (Å²) in [5.74, 6) is 0.143. The second kappa shape index (κ2) is 12.6. The van der Waals surface area contributed by atoms with Crippen LogP contribution in [-0.2, 0) is 26.2 Å². The average Bonchev–Trinajstić information content (AvgIpc) is 2.78. The lowest BCUT2D eigenvalue weighted by Crippen LogP contribution is -2.52. The number of amides is 2. The van der Waals surface area contributed by atoms with E-state index in [1.54, 1.807) is 36.1 Å². The number of hydrogen-bond donors (Lipinski definition) is 1. The molecule has 0 spiro atoms. The lowest BCUT2D eigenvalue weighted by molar-refractivity contribution is -0.141. The summed E-state index contributed by atoms with van der Waals surface area (Å²) in [5.41, 5.74) is 0.934. The maximum absolute atomic E-state index is 13.3. The molecule has 2 aromatic rings.